The molecular weight excluding hydrogens is 629 g/mol. The van der Waals surface area contributed by atoms with Crippen molar-refractivity contribution >= 4 is 44.1 Å². The van der Waals surface area contributed by atoms with Gasteiger partial charge in [0.05, 0.1) is 0 Å². The van der Waals surface area contributed by atoms with Crippen molar-refractivity contribution in [2.24, 2.45) is 16.2 Å². The molecule has 0 aliphatic heterocycles. The van der Waals surface area contributed by atoms with Gasteiger partial charge < -0.3 is 29.7 Å². The summed E-state index contributed by atoms with van der Waals surface area (Å²) in [7, 11) is 0. The Morgan fingerprint density at radius 3 is 0.735 bits per heavy atom. The van der Waals surface area contributed by atoms with E-state index in [0.717, 1.165) is 57.8 Å². The van der Waals surface area contributed by atoms with Gasteiger partial charge in [0.2, 0.25) is 0 Å². The standard InChI is InChI=1S/3C9H18O2.Bi/c3*1-9(2,3)7-5-4-6-8(10)11;/h3*4-7H2,1-3H3,(H,10,11);/q;;;+3/p-3. The minimum atomic E-state index is -0.932. The van der Waals surface area contributed by atoms with Gasteiger partial charge in [0.15, 0.2) is 0 Å². The number of hydrogen-bond acceptors (Lipinski definition) is 6. The number of carbonyl (C=O) groups excluding carboxylic acids is 3. The fourth-order valence-corrected chi connectivity index (χ4v) is 2.77. The Kier molecular flexibility index (Phi) is 25.7. The van der Waals surface area contributed by atoms with Crippen molar-refractivity contribution in [1.29, 1.82) is 0 Å². The quantitative estimate of drug-likeness (QED) is 0.229. The van der Waals surface area contributed by atoms with E-state index < -0.39 is 17.9 Å². The molecule has 0 unspecified atom stereocenters. The first-order valence-electron chi connectivity index (χ1n) is 12.3. The third-order valence-corrected chi connectivity index (χ3v) is 4.67. The molecule has 0 aromatic rings. The minimum absolute atomic E-state index is 0. The number of carbonyl (C=O) groups is 3. The second kappa shape index (κ2) is 21.6. The van der Waals surface area contributed by atoms with E-state index in [9.17, 15) is 29.7 Å². The molecule has 0 bridgehead atoms. The summed E-state index contributed by atoms with van der Waals surface area (Å²) in [6, 6.07) is 0. The molecule has 200 valence electrons. The average molecular weight is 681 g/mol. The Bertz CT molecular complexity index is 449. The van der Waals surface area contributed by atoms with E-state index in [0.29, 0.717) is 16.2 Å². The van der Waals surface area contributed by atoms with Gasteiger partial charge in [0.1, 0.15) is 0 Å². The van der Waals surface area contributed by atoms with E-state index in [1.165, 1.54) is 0 Å². The van der Waals surface area contributed by atoms with Crippen molar-refractivity contribution in [1.82, 2.24) is 0 Å². The van der Waals surface area contributed by atoms with Gasteiger partial charge in [-0.3, -0.25) is 0 Å². The Morgan fingerprint density at radius 1 is 0.441 bits per heavy atom. The van der Waals surface area contributed by atoms with Crippen LogP contribution in [0.15, 0.2) is 0 Å². The molecule has 0 spiro atoms. The van der Waals surface area contributed by atoms with Crippen molar-refractivity contribution in [3.63, 3.8) is 0 Å². The Labute approximate surface area is 228 Å². The Balaban J connectivity index is -0.000000196. The molecule has 2 radical (unpaired) electrons. The number of carboxylic acids is 3. The summed E-state index contributed by atoms with van der Waals surface area (Å²) in [6.07, 6.45) is 9.06. The zero-order valence-corrected chi connectivity index (χ0v) is 26.9. The molecule has 0 saturated heterocycles. The number of carboxylic acid groups (broad SMARTS) is 3. The second-order valence-electron chi connectivity index (χ2n) is 12.4. The summed E-state index contributed by atoms with van der Waals surface area (Å²) in [5.74, 6) is -2.79. The molecule has 0 aliphatic carbocycles. The van der Waals surface area contributed by atoms with Crippen LogP contribution in [-0.2, 0) is 14.4 Å². The summed E-state index contributed by atoms with van der Waals surface area (Å²) < 4.78 is 0. The van der Waals surface area contributed by atoms with Crippen LogP contribution >= 0.6 is 0 Å². The van der Waals surface area contributed by atoms with Crippen LogP contribution in [-0.4, -0.2) is 44.1 Å². The fourth-order valence-electron chi connectivity index (χ4n) is 2.77. The van der Waals surface area contributed by atoms with Crippen LogP contribution in [0.1, 0.15) is 139 Å². The minimum Gasteiger partial charge on any atom is -0.550 e. The average Bonchev–Trinajstić information content (AvgIpc) is 2.58. The normalized spacial score (nSPS) is 11.2. The summed E-state index contributed by atoms with van der Waals surface area (Å²) in [4.78, 5) is 30.0. The molecule has 0 atom stereocenters. The first-order chi connectivity index (χ1) is 14.7. The number of aliphatic carboxylic acids is 3. The smallest absolute Gasteiger partial charge is 0.550 e. The number of unbranched alkanes of at least 4 members (excludes halogenated alkanes) is 3. The molecule has 0 aliphatic rings. The Morgan fingerprint density at radius 2 is 0.618 bits per heavy atom. The maximum Gasteiger partial charge on any atom is 3.00 e. The third kappa shape index (κ3) is 52.9. The van der Waals surface area contributed by atoms with Crippen molar-refractivity contribution in [2.75, 3.05) is 0 Å². The fraction of sp³-hybridized carbons (Fsp3) is 0.889. The van der Waals surface area contributed by atoms with E-state index in [1.54, 1.807) is 0 Å². The van der Waals surface area contributed by atoms with Crippen LogP contribution in [0.3, 0.4) is 0 Å². The van der Waals surface area contributed by atoms with E-state index in [2.05, 4.69) is 62.3 Å². The number of hydrogen-bond donors (Lipinski definition) is 0. The van der Waals surface area contributed by atoms with E-state index in [4.69, 9.17) is 0 Å². The molecule has 0 saturated carbocycles. The predicted octanol–water partition coefficient (Wildman–Crippen LogP) is 3.65. The topological polar surface area (TPSA) is 120 Å². The summed E-state index contributed by atoms with van der Waals surface area (Å²) in [6.45, 7) is 19.4. The van der Waals surface area contributed by atoms with Crippen molar-refractivity contribution in [3.05, 3.63) is 0 Å². The maximum atomic E-state index is 10.0. The first-order valence-corrected chi connectivity index (χ1v) is 12.3. The van der Waals surface area contributed by atoms with Crippen LogP contribution < -0.4 is 15.3 Å². The Hall–Kier alpha value is -0.707. The first kappa shape index (κ1) is 40.5. The predicted molar refractivity (Wildman–Crippen MR) is 135 cm³/mol. The van der Waals surface area contributed by atoms with Crippen LogP contribution in [0.2, 0.25) is 0 Å². The van der Waals surface area contributed by atoms with Crippen molar-refractivity contribution in [2.45, 2.75) is 139 Å². The van der Waals surface area contributed by atoms with Gasteiger partial charge in [-0.2, -0.15) is 0 Å². The maximum absolute atomic E-state index is 10.0. The van der Waals surface area contributed by atoms with Gasteiger partial charge in [-0.05, 0) is 74.0 Å². The molecule has 0 fully saturated rings. The SMILES string of the molecule is CC(C)(C)CCCCC(=O)[O-].CC(C)(C)CCCCC(=O)[O-].CC(C)(C)CCCCC(=O)[O-].[Bi+3]. The van der Waals surface area contributed by atoms with E-state index >= 15 is 0 Å². The molecule has 0 aromatic heterocycles. The zero-order valence-electron chi connectivity index (χ0n) is 23.4. The largest absolute Gasteiger partial charge is 3.00 e. The molecule has 0 aromatic carbocycles. The summed E-state index contributed by atoms with van der Waals surface area (Å²) >= 11 is 0. The van der Waals surface area contributed by atoms with E-state index in [1.807, 2.05) is 0 Å². The summed E-state index contributed by atoms with van der Waals surface area (Å²) in [5, 5.41) is 30.0. The van der Waals surface area contributed by atoms with Gasteiger partial charge in [-0.1, -0.05) is 81.6 Å². The molecule has 0 N–H and O–H groups in total. The van der Waals surface area contributed by atoms with Crippen molar-refractivity contribution in [3.8, 4) is 0 Å². The van der Waals surface area contributed by atoms with Gasteiger partial charge >= 0.3 is 26.2 Å². The number of rotatable bonds is 12. The molecule has 0 heterocycles. The monoisotopic (exact) mass is 680 g/mol. The van der Waals surface area contributed by atoms with Gasteiger partial charge in [-0.25, -0.2) is 0 Å². The molecule has 34 heavy (non-hydrogen) atoms. The zero-order chi connectivity index (χ0) is 26.7. The van der Waals surface area contributed by atoms with Crippen LogP contribution in [0.25, 0.3) is 0 Å². The molecule has 6 nitrogen and oxygen atoms in total. The van der Waals surface area contributed by atoms with Crippen molar-refractivity contribution < 1.29 is 29.7 Å². The molecule has 0 amide bonds. The van der Waals surface area contributed by atoms with Gasteiger partial charge in [-0.15, -0.1) is 0 Å². The van der Waals surface area contributed by atoms with Gasteiger partial charge in [0.25, 0.3) is 0 Å². The van der Waals surface area contributed by atoms with Gasteiger partial charge in [0, 0.05) is 17.9 Å². The molecular formula is C27H51BiO6. The molecule has 7 heteroatoms. The third-order valence-electron chi connectivity index (χ3n) is 4.67. The van der Waals surface area contributed by atoms with Crippen LogP contribution in [0.4, 0.5) is 0 Å². The van der Waals surface area contributed by atoms with Crippen LogP contribution in [0.5, 0.6) is 0 Å². The molecule has 0 rings (SSSR count). The van der Waals surface area contributed by atoms with E-state index in [-0.39, 0.29) is 45.5 Å². The second-order valence-corrected chi connectivity index (χ2v) is 12.4. The van der Waals surface area contributed by atoms with Crippen LogP contribution in [0, 0.1) is 16.2 Å². The summed E-state index contributed by atoms with van der Waals surface area (Å²) in [5.41, 5.74) is 0.976.